The van der Waals surface area contributed by atoms with Crippen LogP contribution in [0.5, 0.6) is 0 Å². The van der Waals surface area contributed by atoms with Gasteiger partial charge in [0.15, 0.2) is 0 Å². The standard InChI is InChI=1S/C18H24N2O4/c1-11(2)19-16(21)13-6-8-14(9-7-13)17(22)20-10-15(18(23)24)5-4-12(20)3/h6-9,11-12,15H,4-5,10H2,1-3H3,(H,19,21)(H,23,24). The summed E-state index contributed by atoms with van der Waals surface area (Å²) in [6.07, 6.45) is 1.27. The Morgan fingerprint density at radius 3 is 2.25 bits per heavy atom. The third kappa shape index (κ3) is 4.13. The van der Waals surface area contributed by atoms with Gasteiger partial charge in [-0.15, -0.1) is 0 Å². The van der Waals surface area contributed by atoms with Crippen LogP contribution in [-0.4, -0.2) is 46.4 Å². The fraction of sp³-hybridized carbons (Fsp3) is 0.500. The highest BCUT2D eigenvalue weighted by Gasteiger charge is 2.32. The quantitative estimate of drug-likeness (QED) is 0.884. The van der Waals surface area contributed by atoms with E-state index >= 15 is 0 Å². The Labute approximate surface area is 141 Å². The van der Waals surface area contributed by atoms with Gasteiger partial charge in [-0.2, -0.15) is 0 Å². The molecule has 2 atom stereocenters. The number of nitrogens with one attached hydrogen (secondary N) is 1. The molecule has 2 N–H and O–H groups in total. The van der Waals surface area contributed by atoms with Crippen molar-refractivity contribution in [2.45, 2.75) is 45.7 Å². The molecule has 0 aliphatic carbocycles. The summed E-state index contributed by atoms with van der Waals surface area (Å²) in [6, 6.07) is 6.53. The number of carboxylic acids is 1. The van der Waals surface area contributed by atoms with Gasteiger partial charge in [-0.05, 0) is 57.9 Å². The van der Waals surface area contributed by atoms with E-state index in [2.05, 4.69) is 5.32 Å². The molecule has 0 bridgehead atoms. The first-order chi connectivity index (χ1) is 11.3. The Bertz CT molecular complexity index is 624. The molecule has 1 heterocycles. The molecule has 2 unspecified atom stereocenters. The molecule has 1 aliphatic rings. The second kappa shape index (κ2) is 7.47. The smallest absolute Gasteiger partial charge is 0.308 e. The zero-order valence-electron chi connectivity index (χ0n) is 14.3. The summed E-state index contributed by atoms with van der Waals surface area (Å²) in [6.45, 7) is 5.92. The summed E-state index contributed by atoms with van der Waals surface area (Å²) >= 11 is 0. The first kappa shape index (κ1) is 18.0. The van der Waals surface area contributed by atoms with Crippen molar-refractivity contribution in [3.8, 4) is 0 Å². The molecular formula is C18H24N2O4. The van der Waals surface area contributed by atoms with Crippen molar-refractivity contribution < 1.29 is 19.5 Å². The maximum Gasteiger partial charge on any atom is 0.308 e. The number of rotatable bonds is 4. The van der Waals surface area contributed by atoms with Crippen LogP contribution in [0.3, 0.4) is 0 Å². The lowest BCUT2D eigenvalue weighted by molar-refractivity contribution is -0.143. The number of amides is 2. The lowest BCUT2D eigenvalue weighted by atomic mass is 9.93. The predicted octanol–water partition coefficient (Wildman–Crippen LogP) is 2.15. The largest absolute Gasteiger partial charge is 0.481 e. The topological polar surface area (TPSA) is 86.7 Å². The summed E-state index contributed by atoms with van der Waals surface area (Å²) < 4.78 is 0. The monoisotopic (exact) mass is 332 g/mol. The van der Waals surface area contributed by atoms with E-state index < -0.39 is 11.9 Å². The number of carboxylic acid groups (broad SMARTS) is 1. The fourth-order valence-corrected chi connectivity index (χ4v) is 2.87. The molecule has 0 aromatic heterocycles. The van der Waals surface area contributed by atoms with E-state index in [4.69, 9.17) is 0 Å². The first-order valence-electron chi connectivity index (χ1n) is 8.24. The first-order valence-corrected chi connectivity index (χ1v) is 8.24. The second-order valence-corrected chi connectivity index (χ2v) is 6.62. The summed E-state index contributed by atoms with van der Waals surface area (Å²) in [7, 11) is 0. The summed E-state index contributed by atoms with van der Waals surface area (Å²) in [5.41, 5.74) is 0.962. The number of hydrogen-bond acceptors (Lipinski definition) is 3. The van der Waals surface area contributed by atoms with Gasteiger partial charge in [-0.25, -0.2) is 0 Å². The van der Waals surface area contributed by atoms with Crippen LogP contribution in [0.2, 0.25) is 0 Å². The predicted molar refractivity (Wildman–Crippen MR) is 89.9 cm³/mol. The van der Waals surface area contributed by atoms with E-state index in [0.717, 1.165) is 0 Å². The molecule has 2 amide bonds. The van der Waals surface area contributed by atoms with Crippen LogP contribution in [0.4, 0.5) is 0 Å². The number of benzene rings is 1. The number of likely N-dealkylation sites (tertiary alicyclic amines) is 1. The van der Waals surface area contributed by atoms with Gasteiger partial charge in [-0.1, -0.05) is 0 Å². The molecular weight excluding hydrogens is 308 g/mol. The molecule has 0 saturated carbocycles. The van der Waals surface area contributed by atoms with Gasteiger partial charge in [0.1, 0.15) is 0 Å². The molecule has 0 radical (unpaired) electrons. The Morgan fingerprint density at radius 1 is 1.12 bits per heavy atom. The molecule has 130 valence electrons. The summed E-state index contributed by atoms with van der Waals surface area (Å²) in [4.78, 5) is 37.4. The van der Waals surface area contributed by atoms with Crippen molar-refractivity contribution in [3.05, 3.63) is 35.4 Å². The van der Waals surface area contributed by atoms with Gasteiger partial charge in [0.25, 0.3) is 11.8 Å². The Hall–Kier alpha value is -2.37. The third-order valence-electron chi connectivity index (χ3n) is 4.31. The van der Waals surface area contributed by atoms with Crippen LogP contribution >= 0.6 is 0 Å². The molecule has 1 aliphatic heterocycles. The molecule has 1 aromatic rings. The number of piperidine rings is 1. The summed E-state index contributed by atoms with van der Waals surface area (Å²) in [5.74, 6) is -1.74. The van der Waals surface area contributed by atoms with Crippen molar-refractivity contribution in [3.63, 3.8) is 0 Å². The van der Waals surface area contributed by atoms with E-state index in [1.165, 1.54) is 0 Å². The van der Waals surface area contributed by atoms with Gasteiger partial charge in [0.05, 0.1) is 5.92 Å². The average Bonchev–Trinajstić information content (AvgIpc) is 2.54. The molecule has 1 fully saturated rings. The maximum atomic E-state index is 12.7. The van der Waals surface area contributed by atoms with Gasteiger partial charge >= 0.3 is 5.97 Å². The van der Waals surface area contributed by atoms with E-state index in [-0.39, 0.29) is 30.4 Å². The number of nitrogens with zero attached hydrogens (tertiary/aromatic N) is 1. The highest BCUT2D eigenvalue weighted by molar-refractivity contribution is 5.98. The third-order valence-corrected chi connectivity index (χ3v) is 4.31. The molecule has 6 heteroatoms. The van der Waals surface area contributed by atoms with Gasteiger partial charge in [-0.3, -0.25) is 14.4 Å². The molecule has 1 saturated heterocycles. The van der Waals surface area contributed by atoms with Crippen LogP contribution in [0.25, 0.3) is 0 Å². The average molecular weight is 332 g/mol. The van der Waals surface area contributed by atoms with Crippen molar-refractivity contribution in [1.82, 2.24) is 10.2 Å². The molecule has 2 rings (SSSR count). The van der Waals surface area contributed by atoms with E-state index in [9.17, 15) is 19.5 Å². The minimum atomic E-state index is -0.861. The van der Waals surface area contributed by atoms with Crippen LogP contribution in [0, 0.1) is 5.92 Å². The number of aliphatic carboxylic acids is 1. The zero-order valence-corrected chi connectivity index (χ0v) is 14.3. The zero-order chi connectivity index (χ0) is 17.9. The second-order valence-electron chi connectivity index (χ2n) is 6.62. The molecule has 6 nitrogen and oxygen atoms in total. The van der Waals surface area contributed by atoms with Crippen LogP contribution < -0.4 is 5.32 Å². The van der Waals surface area contributed by atoms with Gasteiger partial charge in [0.2, 0.25) is 0 Å². The van der Waals surface area contributed by atoms with Crippen LogP contribution in [0.15, 0.2) is 24.3 Å². The van der Waals surface area contributed by atoms with Crippen LogP contribution in [0.1, 0.15) is 54.3 Å². The summed E-state index contributed by atoms with van der Waals surface area (Å²) in [5, 5.41) is 12.0. The molecule has 1 aromatic carbocycles. The van der Waals surface area contributed by atoms with Crippen molar-refractivity contribution in [2.24, 2.45) is 5.92 Å². The SMILES string of the molecule is CC(C)NC(=O)c1ccc(C(=O)N2CC(C(=O)O)CCC2C)cc1. The fourth-order valence-electron chi connectivity index (χ4n) is 2.87. The lowest BCUT2D eigenvalue weighted by Gasteiger charge is -2.36. The Balaban J connectivity index is 2.11. The minimum absolute atomic E-state index is 0.0111. The normalized spacial score (nSPS) is 20.8. The molecule has 24 heavy (non-hydrogen) atoms. The molecule has 0 spiro atoms. The van der Waals surface area contributed by atoms with E-state index in [0.29, 0.717) is 24.0 Å². The van der Waals surface area contributed by atoms with Crippen molar-refractivity contribution >= 4 is 17.8 Å². The minimum Gasteiger partial charge on any atom is -0.481 e. The maximum absolute atomic E-state index is 12.7. The van der Waals surface area contributed by atoms with Gasteiger partial charge < -0.3 is 15.3 Å². The highest BCUT2D eigenvalue weighted by atomic mass is 16.4. The van der Waals surface area contributed by atoms with Crippen LogP contribution in [-0.2, 0) is 4.79 Å². The number of carbonyl (C=O) groups is 3. The van der Waals surface area contributed by atoms with Gasteiger partial charge in [0, 0.05) is 29.8 Å². The Kier molecular flexibility index (Phi) is 5.59. The van der Waals surface area contributed by atoms with E-state index in [1.54, 1.807) is 29.2 Å². The van der Waals surface area contributed by atoms with E-state index in [1.807, 2.05) is 20.8 Å². The highest BCUT2D eigenvalue weighted by Crippen LogP contribution is 2.24. The van der Waals surface area contributed by atoms with Crippen molar-refractivity contribution in [2.75, 3.05) is 6.54 Å². The Morgan fingerprint density at radius 2 is 1.71 bits per heavy atom. The number of hydrogen-bond donors (Lipinski definition) is 2. The van der Waals surface area contributed by atoms with Crippen molar-refractivity contribution in [1.29, 1.82) is 0 Å². The number of carbonyl (C=O) groups excluding carboxylic acids is 2. The lowest BCUT2D eigenvalue weighted by Crippen LogP contribution is -2.47.